The van der Waals surface area contributed by atoms with Gasteiger partial charge in [-0.2, -0.15) is 0 Å². The highest BCUT2D eigenvalue weighted by Gasteiger charge is 2.22. The van der Waals surface area contributed by atoms with Crippen molar-refractivity contribution in [2.24, 2.45) is 0 Å². The maximum atomic E-state index is 6.06. The Morgan fingerprint density at radius 2 is 1.90 bits per heavy atom. The van der Waals surface area contributed by atoms with E-state index in [1.54, 1.807) is 21.3 Å². The lowest BCUT2D eigenvalue weighted by Gasteiger charge is -2.18. The highest BCUT2D eigenvalue weighted by atomic mass is 16.5. The average Bonchev–Trinajstić information content (AvgIpc) is 3.10. The summed E-state index contributed by atoms with van der Waals surface area (Å²) < 4.78 is 28.0. The maximum absolute atomic E-state index is 6.06. The predicted molar refractivity (Wildman–Crippen MR) is 112 cm³/mol. The van der Waals surface area contributed by atoms with Gasteiger partial charge in [-0.25, -0.2) is 4.98 Å². The Kier molecular flexibility index (Phi) is 6.21. The van der Waals surface area contributed by atoms with Gasteiger partial charge in [-0.15, -0.1) is 0 Å². The number of rotatable bonds is 7. The van der Waals surface area contributed by atoms with E-state index in [1.165, 1.54) is 0 Å². The number of ether oxygens (including phenoxy) is 4. The third-order valence-corrected chi connectivity index (χ3v) is 5.01. The molecule has 0 spiro atoms. The van der Waals surface area contributed by atoms with Crippen molar-refractivity contribution in [1.29, 1.82) is 0 Å². The van der Waals surface area contributed by atoms with Crippen molar-refractivity contribution in [1.82, 2.24) is 9.88 Å². The van der Waals surface area contributed by atoms with E-state index in [9.17, 15) is 0 Å². The second kappa shape index (κ2) is 9.19. The summed E-state index contributed by atoms with van der Waals surface area (Å²) in [6.45, 7) is 3.23. The van der Waals surface area contributed by atoms with Crippen LogP contribution < -0.4 is 14.2 Å². The average molecular weight is 410 g/mol. The van der Waals surface area contributed by atoms with Gasteiger partial charge >= 0.3 is 0 Å². The maximum Gasteiger partial charge on any atom is 0.213 e. The number of nitrogens with zero attached hydrogens (tertiary/aromatic N) is 2. The Bertz CT molecular complexity index is 1000. The molecule has 0 radical (unpaired) electrons. The van der Waals surface area contributed by atoms with Gasteiger partial charge in [0.2, 0.25) is 5.88 Å². The van der Waals surface area contributed by atoms with E-state index in [0.717, 1.165) is 40.6 Å². The normalized spacial score (nSPS) is 14.0. The first kappa shape index (κ1) is 20.3. The molecule has 158 valence electrons. The monoisotopic (exact) mass is 410 g/mol. The van der Waals surface area contributed by atoms with E-state index >= 15 is 0 Å². The summed E-state index contributed by atoms with van der Waals surface area (Å²) in [7, 11) is 4.93. The van der Waals surface area contributed by atoms with Crippen LogP contribution in [0.2, 0.25) is 0 Å². The molecule has 0 bridgehead atoms. The number of fused-ring (bicyclic) bond motifs is 1. The van der Waals surface area contributed by atoms with Gasteiger partial charge in [0.25, 0.3) is 0 Å². The van der Waals surface area contributed by atoms with Gasteiger partial charge in [-0.05, 0) is 30.3 Å². The lowest BCUT2D eigenvalue weighted by atomic mass is 10.0. The minimum atomic E-state index is 0.472. The van der Waals surface area contributed by atoms with Crippen molar-refractivity contribution < 1.29 is 23.4 Å². The minimum absolute atomic E-state index is 0.472. The number of hydrogen-bond donors (Lipinski definition) is 0. The highest BCUT2D eigenvalue weighted by molar-refractivity contribution is 5.67. The molecule has 2 aromatic heterocycles. The molecule has 30 heavy (non-hydrogen) atoms. The molecule has 0 saturated heterocycles. The molecule has 4 rings (SSSR count). The van der Waals surface area contributed by atoms with Crippen molar-refractivity contribution >= 4 is 0 Å². The van der Waals surface area contributed by atoms with E-state index in [2.05, 4.69) is 16.0 Å². The Morgan fingerprint density at radius 1 is 1.03 bits per heavy atom. The van der Waals surface area contributed by atoms with Crippen LogP contribution in [-0.2, 0) is 24.4 Å². The van der Waals surface area contributed by atoms with E-state index in [1.807, 2.05) is 36.4 Å². The molecule has 1 aromatic carbocycles. The second-order valence-corrected chi connectivity index (χ2v) is 7.09. The smallest absolute Gasteiger partial charge is 0.213 e. The molecule has 0 N–H and O–H groups in total. The van der Waals surface area contributed by atoms with Crippen LogP contribution in [-0.4, -0.2) is 44.4 Å². The van der Waals surface area contributed by atoms with Crippen LogP contribution in [0.25, 0.3) is 11.3 Å². The first-order valence-corrected chi connectivity index (χ1v) is 9.84. The second-order valence-electron chi connectivity index (χ2n) is 7.09. The summed E-state index contributed by atoms with van der Waals surface area (Å²) in [6, 6.07) is 13.7. The van der Waals surface area contributed by atoms with Crippen LogP contribution in [0.3, 0.4) is 0 Å². The van der Waals surface area contributed by atoms with Crippen molar-refractivity contribution in [2.75, 3.05) is 34.5 Å². The summed E-state index contributed by atoms with van der Waals surface area (Å²) in [4.78, 5) is 6.85. The zero-order valence-electron chi connectivity index (χ0n) is 17.5. The van der Waals surface area contributed by atoms with Gasteiger partial charge in [0, 0.05) is 37.4 Å². The van der Waals surface area contributed by atoms with Crippen LogP contribution >= 0.6 is 0 Å². The Morgan fingerprint density at radius 3 is 2.70 bits per heavy atom. The van der Waals surface area contributed by atoms with Gasteiger partial charge in [0.05, 0.1) is 26.5 Å². The van der Waals surface area contributed by atoms with Crippen molar-refractivity contribution in [3.63, 3.8) is 0 Å². The SMILES string of the molecule is COCc1ccc(CN2CCOc3c(cc(-c4cccc(OC)n4)cc3OC)C2)o1. The van der Waals surface area contributed by atoms with Gasteiger partial charge in [-0.3, -0.25) is 4.90 Å². The van der Waals surface area contributed by atoms with Gasteiger partial charge in [0.1, 0.15) is 24.7 Å². The standard InChI is InChI=1S/C23H26N2O5/c1-26-15-19-8-7-18(30-19)14-25-9-10-29-23-17(13-25)11-16(12-21(23)27-2)20-5-4-6-22(24-20)28-3/h4-8,11-12H,9-10,13-15H2,1-3H3. The van der Waals surface area contributed by atoms with Crippen molar-refractivity contribution in [3.05, 3.63) is 59.5 Å². The minimum Gasteiger partial charge on any atom is -0.493 e. The fourth-order valence-electron chi connectivity index (χ4n) is 3.61. The molecular weight excluding hydrogens is 384 g/mol. The van der Waals surface area contributed by atoms with Crippen molar-refractivity contribution in [2.45, 2.75) is 19.7 Å². The zero-order chi connectivity index (χ0) is 20.9. The van der Waals surface area contributed by atoms with Gasteiger partial charge < -0.3 is 23.4 Å². The number of aromatic nitrogens is 1. The summed E-state index contributed by atoms with van der Waals surface area (Å²) >= 11 is 0. The predicted octanol–water partition coefficient (Wildman–Crippen LogP) is 3.90. The molecule has 0 unspecified atom stereocenters. The Labute approximate surface area is 176 Å². The lowest BCUT2D eigenvalue weighted by Crippen LogP contribution is -2.25. The van der Waals surface area contributed by atoms with Gasteiger partial charge in [0.15, 0.2) is 11.5 Å². The van der Waals surface area contributed by atoms with E-state index < -0.39 is 0 Å². The third kappa shape index (κ3) is 4.42. The van der Waals surface area contributed by atoms with Crippen molar-refractivity contribution in [3.8, 4) is 28.6 Å². The molecule has 0 amide bonds. The molecule has 0 saturated carbocycles. The van der Waals surface area contributed by atoms with Crippen LogP contribution in [0.5, 0.6) is 17.4 Å². The number of pyridine rings is 1. The lowest BCUT2D eigenvalue weighted by molar-refractivity contribution is 0.157. The van der Waals surface area contributed by atoms with E-state index in [0.29, 0.717) is 37.9 Å². The van der Waals surface area contributed by atoms with Crippen LogP contribution in [0.15, 0.2) is 46.9 Å². The molecule has 7 heteroatoms. The number of benzene rings is 1. The molecule has 1 aliphatic heterocycles. The molecule has 0 fully saturated rings. The Balaban J connectivity index is 1.62. The summed E-state index contributed by atoms with van der Waals surface area (Å²) in [6.07, 6.45) is 0. The van der Waals surface area contributed by atoms with E-state index in [-0.39, 0.29) is 0 Å². The summed E-state index contributed by atoms with van der Waals surface area (Å²) in [5, 5.41) is 0. The fraction of sp³-hybridized carbons (Fsp3) is 0.348. The molecular formula is C23H26N2O5. The topological polar surface area (TPSA) is 66.2 Å². The number of methoxy groups -OCH3 is 3. The largest absolute Gasteiger partial charge is 0.493 e. The Hall–Kier alpha value is -3.03. The first-order chi connectivity index (χ1) is 14.7. The number of hydrogen-bond acceptors (Lipinski definition) is 7. The quantitative estimate of drug-likeness (QED) is 0.585. The molecule has 3 aromatic rings. The summed E-state index contributed by atoms with van der Waals surface area (Å²) in [5.74, 6) is 3.79. The van der Waals surface area contributed by atoms with Crippen LogP contribution in [0.4, 0.5) is 0 Å². The number of furan rings is 1. The molecule has 0 aliphatic carbocycles. The third-order valence-electron chi connectivity index (χ3n) is 5.01. The van der Waals surface area contributed by atoms with Crippen LogP contribution in [0.1, 0.15) is 17.1 Å². The summed E-state index contributed by atoms with van der Waals surface area (Å²) in [5.41, 5.74) is 2.83. The fourth-order valence-corrected chi connectivity index (χ4v) is 3.61. The molecule has 3 heterocycles. The van der Waals surface area contributed by atoms with E-state index in [4.69, 9.17) is 23.4 Å². The van der Waals surface area contributed by atoms with Gasteiger partial charge in [-0.1, -0.05) is 6.07 Å². The molecule has 0 atom stereocenters. The van der Waals surface area contributed by atoms with Crippen LogP contribution in [0, 0.1) is 0 Å². The highest BCUT2D eigenvalue weighted by Crippen LogP contribution is 2.38. The first-order valence-electron chi connectivity index (χ1n) is 9.84. The molecule has 1 aliphatic rings. The molecule has 7 nitrogen and oxygen atoms in total. The zero-order valence-corrected chi connectivity index (χ0v) is 17.5.